The molecule has 1 aliphatic heterocycles. The van der Waals surface area contributed by atoms with Crippen molar-refractivity contribution in [2.24, 2.45) is 5.92 Å². The number of rotatable bonds is 6. The molecule has 156 valence electrons. The highest BCUT2D eigenvalue weighted by Gasteiger charge is 2.40. The largest absolute Gasteiger partial charge is 0.452 e. The topological polar surface area (TPSA) is 92.8 Å². The Morgan fingerprint density at radius 2 is 1.72 bits per heavy atom. The lowest BCUT2D eigenvalue weighted by Crippen LogP contribution is -2.40. The van der Waals surface area contributed by atoms with E-state index in [-0.39, 0.29) is 46.9 Å². The lowest BCUT2D eigenvalue weighted by atomic mass is 9.94. The van der Waals surface area contributed by atoms with Crippen LogP contribution in [-0.2, 0) is 9.53 Å². The van der Waals surface area contributed by atoms with Crippen LogP contribution < -0.4 is 5.32 Å². The summed E-state index contributed by atoms with van der Waals surface area (Å²) in [5, 5.41) is 2.76. The lowest BCUT2D eigenvalue weighted by molar-refractivity contribution is -0.125. The van der Waals surface area contributed by atoms with Crippen LogP contribution in [0.25, 0.3) is 0 Å². The van der Waals surface area contributed by atoms with Gasteiger partial charge in [-0.15, -0.1) is 0 Å². The van der Waals surface area contributed by atoms with E-state index in [0.717, 1.165) is 32.1 Å². The fourth-order valence-electron chi connectivity index (χ4n) is 3.73. The number of ether oxygens (including phenoxy) is 1. The maximum atomic E-state index is 12.8. The maximum Gasteiger partial charge on any atom is 0.338 e. The minimum absolute atomic E-state index is 0.0319. The summed E-state index contributed by atoms with van der Waals surface area (Å²) in [5.41, 5.74) is 0.702. The van der Waals surface area contributed by atoms with Crippen molar-refractivity contribution in [2.45, 2.75) is 65.0 Å². The van der Waals surface area contributed by atoms with Crippen LogP contribution in [-0.4, -0.2) is 47.3 Å². The SMILES string of the molecule is CC(C)[C@H](C)NC(=O)COC(=O)c1ccc2c(c1)C(=O)N(C1CCCCC1)C2=O. The summed E-state index contributed by atoms with van der Waals surface area (Å²) in [5.74, 6) is -1.46. The van der Waals surface area contributed by atoms with Crippen molar-refractivity contribution in [3.63, 3.8) is 0 Å². The van der Waals surface area contributed by atoms with E-state index in [1.165, 1.54) is 23.1 Å². The first-order chi connectivity index (χ1) is 13.8. The van der Waals surface area contributed by atoms with Gasteiger partial charge in [-0.2, -0.15) is 0 Å². The zero-order chi connectivity index (χ0) is 21.1. The monoisotopic (exact) mass is 400 g/mol. The Hall–Kier alpha value is -2.70. The third-order valence-corrected chi connectivity index (χ3v) is 5.82. The summed E-state index contributed by atoms with van der Waals surface area (Å²) in [6.45, 7) is 5.45. The predicted octanol–water partition coefficient (Wildman–Crippen LogP) is 2.93. The van der Waals surface area contributed by atoms with Crippen LogP contribution in [0.2, 0.25) is 0 Å². The molecular formula is C22H28N2O5. The maximum absolute atomic E-state index is 12.8. The molecule has 1 fully saturated rings. The van der Waals surface area contributed by atoms with E-state index in [2.05, 4.69) is 5.32 Å². The summed E-state index contributed by atoms with van der Waals surface area (Å²) >= 11 is 0. The highest BCUT2D eigenvalue weighted by molar-refractivity contribution is 6.22. The average Bonchev–Trinajstić information content (AvgIpc) is 2.96. The van der Waals surface area contributed by atoms with Crippen molar-refractivity contribution in [3.05, 3.63) is 34.9 Å². The molecule has 3 rings (SSSR count). The number of fused-ring (bicyclic) bond motifs is 1. The number of carbonyl (C=O) groups is 4. The number of benzene rings is 1. The van der Waals surface area contributed by atoms with E-state index in [0.29, 0.717) is 5.56 Å². The Bertz CT molecular complexity index is 826. The number of amides is 3. The van der Waals surface area contributed by atoms with Gasteiger partial charge >= 0.3 is 5.97 Å². The van der Waals surface area contributed by atoms with Crippen LogP contribution in [0.15, 0.2) is 18.2 Å². The first-order valence-corrected chi connectivity index (χ1v) is 10.3. The Morgan fingerprint density at radius 1 is 1.07 bits per heavy atom. The molecule has 1 aromatic carbocycles. The van der Waals surface area contributed by atoms with Crippen molar-refractivity contribution in [1.82, 2.24) is 10.2 Å². The molecule has 0 bridgehead atoms. The molecule has 0 unspecified atom stereocenters. The smallest absolute Gasteiger partial charge is 0.338 e. The molecule has 2 aliphatic rings. The van der Waals surface area contributed by atoms with Gasteiger partial charge in [0.25, 0.3) is 17.7 Å². The summed E-state index contributed by atoms with van der Waals surface area (Å²) in [6.07, 6.45) is 4.79. The summed E-state index contributed by atoms with van der Waals surface area (Å²) in [7, 11) is 0. The standard InChI is InChI=1S/C22H28N2O5/c1-13(2)14(3)23-19(25)12-29-22(28)15-9-10-17-18(11-15)21(27)24(20(17)26)16-7-5-4-6-8-16/h9-11,13-14,16H,4-8,12H2,1-3H3,(H,23,25)/t14-/m0/s1. The number of hydrogen-bond acceptors (Lipinski definition) is 5. The number of hydrogen-bond donors (Lipinski definition) is 1. The summed E-state index contributed by atoms with van der Waals surface area (Å²) < 4.78 is 5.07. The molecular weight excluding hydrogens is 372 g/mol. The zero-order valence-corrected chi connectivity index (χ0v) is 17.2. The van der Waals surface area contributed by atoms with Gasteiger partial charge in [-0.25, -0.2) is 4.79 Å². The van der Waals surface area contributed by atoms with Gasteiger partial charge in [-0.1, -0.05) is 33.1 Å². The van der Waals surface area contributed by atoms with E-state index < -0.39 is 12.6 Å². The average molecular weight is 400 g/mol. The van der Waals surface area contributed by atoms with Gasteiger partial charge in [0.1, 0.15) is 0 Å². The second-order valence-electron chi connectivity index (χ2n) is 8.21. The first kappa shape index (κ1) is 21.0. The third-order valence-electron chi connectivity index (χ3n) is 5.82. The van der Waals surface area contributed by atoms with Gasteiger partial charge in [0, 0.05) is 12.1 Å². The molecule has 1 saturated carbocycles. The van der Waals surface area contributed by atoms with Gasteiger partial charge < -0.3 is 10.1 Å². The number of esters is 1. The molecule has 1 heterocycles. The van der Waals surface area contributed by atoms with Crippen LogP contribution in [0, 0.1) is 5.92 Å². The molecule has 0 saturated heterocycles. The molecule has 7 heteroatoms. The van der Waals surface area contributed by atoms with Crippen LogP contribution in [0.1, 0.15) is 83.9 Å². The van der Waals surface area contributed by atoms with Gasteiger partial charge in [0.05, 0.1) is 16.7 Å². The third kappa shape index (κ3) is 4.49. The minimum atomic E-state index is -0.698. The van der Waals surface area contributed by atoms with Crippen LogP contribution in [0.3, 0.4) is 0 Å². The van der Waals surface area contributed by atoms with Crippen LogP contribution in [0.5, 0.6) is 0 Å². The molecule has 0 aromatic heterocycles. The normalized spacial score (nSPS) is 18.0. The van der Waals surface area contributed by atoms with Gasteiger partial charge in [0.15, 0.2) is 6.61 Å². The summed E-state index contributed by atoms with van der Waals surface area (Å²) in [4.78, 5) is 51.1. The first-order valence-electron chi connectivity index (χ1n) is 10.3. The molecule has 0 radical (unpaired) electrons. The van der Waals surface area contributed by atoms with Crippen molar-refractivity contribution < 1.29 is 23.9 Å². The Morgan fingerprint density at radius 3 is 2.38 bits per heavy atom. The molecule has 7 nitrogen and oxygen atoms in total. The highest BCUT2D eigenvalue weighted by atomic mass is 16.5. The van der Waals surface area contributed by atoms with Gasteiger partial charge in [-0.3, -0.25) is 19.3 Å². The molecule has 0 spiro atoms. The Kier molecular flexibility index (Phi) is 6.35. The van der Waals surface area contributed by atoms with Crippen molar-refractivity contribution >= 4 is 23.7 Å². The van der Waals surface area contributed by atoms with E-state index >= 15 is 0 Å². The Labute approximate surface area is 170 Å². The van der Waals surface area contributed by atoms with Gasteiger partial charge in [-0.05, 0) is 43.9 Å². The number of imide groups is 1. The molecule has 1 aromatic rings. The van der Waals surface area contributed by atoms with E-state index in [1.54, 1.807) is 0 Å². The molecule has 3 amide bonds. The van der Waals surface area contributed by atoms with Crippen molar-refractivity contribution in [1.29, 1.82) is 0 Å². The van der Waals surface area contributed by atoms with Crippen molar-refractivity contribution in [3.8, 4) is 0 Å². The quantitative estimate of drug-likeness (QED) is 0.585. The van der Waals surface area contributed by atoms with E-state index in [1.807, 2.05) is 20.8 Å². The molecule has 1 aliphatic carbocycles. The highest BCUT2D eigenvalue weighted by Crippen LogP contribution is 2.31. The van der Waals surface area contributed by atoms with E-state index in [4.69, 9.17) is 4.74 Å². The number of nitrogens with one attached hydrogen (secondary N) is 1. The van der Waals surface area contributed by atoms with E-state index in [9.17, 15) is 19.2 Å². The molecule has 1 atom stereocenters. The predicted molar refractivity (Wildman–Crippen MR) is 107 cm³/mol. The summed E-state index contributed by atoms with van der Waals surface area (Å²) in [6, 6.07) is 4.25. The van der Waals surface area contributed by atoms with Crippen molar-refractivity contribution in [2.75, 3.05) is 6.61 Å². The minimum Gasteiger partial charge on any atom is -0.452 e. The zero-order valence-electron chi connectivity index (χ0n) is 17.2. The van der Waals surface area contributed by atoms with Gasteiger partial charge in [0.2, 0.25) is 0 Å². The molecule has 29 heavy (non-hydrogen) atoms. The fourth-order valence-corrected chi connectivity index (χ4v) is 3.73. The second-order valence-corrected chi connectivity index (χ2v) is 8.21. The number of nitrogens with zero attached hydrogens (tertiary/aromatic N) is 1. The lowest BCUT2D eigenvalue weighted by Gasteiger charge is -2.29. The number of carbonyl (C=O) groups excluding carboxylic acids is 4. The second kappa shape index (κ2) is 8.76. The molecule has 1 N–H and O–H groups in total. The Balaban J connectivity index is 1.66. The fraction of sp³-hybridized carbons (Fsp3) is 0.545. The van der Waals surface area contributed by atoms with Crippen LogP contribution >= 0.6 is 0 Å². The van der Waals surface area contributed by atoms with Crippen LogP contribution in [0.4, 0.5) is 0 Å².